The van der Waals surface area contributed by atoms with Gasteiger partial charge in [-0.2, -0.15) is 23.5 Å². The second kappa shape index (κ2) is 17.3. The summed E-state index contributed by atoms with van der Waals surface area (Å²) in [6, 6.07) is 0. The van der Waals surface area contributed by atoms with Gasteiger partial charge in [0.1, 0.15) is 25.4 Å². The normalized spacial score (nSPS) is 22.0. The first kappa shape index (κ1) is 35.3. The molecule has 0 bridgehead atoms. The number of hydrogen-bond acceptors (Lipinski definition) is 12. The van der Waals surface area contributed by atoms with Gasteiger partial charge in [0.2, 0.25) is 0 Å². The van der Waals surface area contributed by atoms with Crippen molar-refractivity contribution in [3.05, 3.63) is 0 Å². The molecule has 0 aliphatic carbocycles. The van der Waals surface area contributed by atoms with Gasteiger partial charge >= 0.3 is 24.1 Å². The summed E-state index contributed by atoms with van der Waals surface area (Å²) in [5.74, 6) is 0.0314. The monoisotopic (exact) mass is 622 g/mol. The number of carbonyl (C=O) groups is 4. The zero-order valence-electron chi connectivity index (χ0n) is 25.0. The Bertz CT molecular complexity index is 873. The molecule has 2 fully saturated rings. The van der Waals surface area contributed by atoms with Crippen LogP contribution in [0.2, 0.25) is 0 Å². The summed E-state index contributed by atoms with van der Waals surface area (Å²) in [7, 11) is 0. The standard InChI is InChI=1S/C27H46N2O10S2/c1-7-8-20(30)34-12-10-28-24(32)38-18-15-36-23-19(16-37-22(18)23)39-25(33)29-11-13-35-21(31)9-14-41-27(4,5)17-26(2,3)40-6/h18-19,22-23H,7-17H2,1-6H3,(H,28,32)(H,29,33)/t18-,19-,22?,23?/m1/s1. The lowest BCUT2D eigenvalue weighted by Crippen LogP contribution is -2.40. The molecule has 0 aromatic rings. The minimum Gasteiger partial charge on any atom is -0.464 e. The van der Waals surface area contributed by atoms with Gasteiger partial charge < -0.3 is 39.1 Å². The van der Waals surface area contributed by atoms with E-state index in [9.17, 15) is 19.2 Å². The SMILES string of the molecule is CCCC(=O)OCCNC(=O)O[C@@H]1COC2C1OC[C@H]2OC(=O)NCCOC(=O)CCSC(C)(C)CC(C)(C)SC. The molecule has 0 radical (unpaired) electrons. The molecule has 2 heterocycles. The Morgan fingerprint density at radius 2 is 1.29 bits per heavy atom. The number of amides is 2. The quantitative estimate of drug-likeness (QED) is 0.139. The van der Waals surface area contributed by atoms with Crippen LogP contribution < -0.4 is 10.6 Å². The van der Waals surface area contributed by atoms with Crippen molar-refractivity contribution in [2.45, 2.75) is 94.2 Å². The third-order valence-corrected chi connectivity index (χ3v) is 8.99. The number of fused-ring (bicyclic) bond motifs is 1. The number of thioether (sulfide) groups is 2. The van der Waals surface area contributed by atoms with Gasteiger partial charge in [-0.05, 0) is 19.1 Å². The Balaban J connectivity index is 1.57. The van der Waals surface area contributed by atoms with E-state index in [1.807, 2.05) is 18.7 Å². The second-order valence-electron chi connectivity index (χ2n) is 11.0. The van der Waals surface area contributed by atoms with Crippen LogP contribution >= 0.6 is 23.5 Å². The number of alkyl carbamates (subject to hydrolysis) is 2. The van der Waals surface area contributed by atoms with Crippen LogP contribution in [0.5, 0.6) is 0 Å². The van der Waals surface area contributed by atoms with Gasteiger partial charge in [0.25, 0.3) is 0 Å². The van der Waals surface area contributed by atoms with E-state index in [-0.39, 0.29) is 60.9 Å². The van der Waals surface area contributed by atoms with E-state index in [1.54, 1.807) is 11.8 Å². The van der Waals surface area contributed by atoms with Crippen molar-refractivity contribution in [1.82, 2.24) is 10.6 Å². The molecule has 14 heteroatoms. The van der Waals surface area contributed by atoms with Gasteiger partial charge in [0.15, 0.2) is 12.2 Å². The lowest BCUT2D eigenvalue weighted by molar-refractivity contribution is -0.144. The first-order chi connectivity index (χ1) is 19.4. The highest BCUT2D eigenvalue weighted by atomic mass is 32.2. The van der Waals surface area contributed by atoms with Crippen LogP contribution in [0.1, 0.15) is 60.3 Å². The number of rotatable bonds is 17. The molecular weight excluding hydrogens is 576 g/mol. The Morgan fingerprint density at radius 3 is 1.76 bits per heavy atom. The van der Waals surface area contributed by atoms with Crippen molar-refractivity contribution in [1.29, 1.82) is 0 Å². The molecule has 2 aliphatic heterocycles. The van der Waals surface area contributed by atoms with Crippen LogP contribution in [0.25, 0.3) is 0 Å². The molecule has 41 heavy (non-hydrogen) atoms. The molecule has 2 amide bonds. The summed E-state index contributed by atoms with van der Waals surface area (Å²) in [5, 5.41) is 5.07. The van der Waals surface area contributed by atoms with Crippen LogP contribution in [0.15, 0.2) is 0 Å². The van der Waals surface area contributed by atoms with Gasteiger partial charge in [-0.3, -0.25) is 9.59 Å². The van der Waals surface area contributed by atoms with Crippen molar-refractivity contribution in [2.75, 3.05) is 51.5 Å². The first-order valence-electron chi connectivity index (χ1n) is 14.0. The fourth-order valence-electron chi connectivity index (χ4n) is 4.53. The van der Waals surface area contributed by atoms with E-state index >= 15 is 0 Å². The zero-order valence-corrected chi connectivity index (χ0v) is 26.6. The van der Waals surface area contributed by atoms with Gasteiger partial charge in [-0.1, -0.05) is 34.6 Å². The molecule has 2 unspecified atom stereocenters. The van der Waals surface area contributed by atoms with Crippen LogP contribution in [-0.2, 0) is 38.0 Å². The molecule has 2 N–H and O–H groups in total. The van der Waals surface area contributed by atoms with Gasteiger partial charge in [-0.15, -0.1) is 0 Å². The summed E-state index contributed by atoms with van der Waals surface area (Å²) < 4.78 is 32.5. The van der Waals surface area contributed by atoms with Crippen LogP contribution in [0.3, 0.4) is 0 Å². The predicted molar refractivity (Wildman–Crippen MR) is 156 cm³/mol. The van der Waals surface area contributed by atoms with Crippen molar-refractivity contribution in [3.63, 3.8) is 0 Å². The number of carbonyl (C=O) groups excluding carboxylic acids is 4. The topological polar surface area (TPSA) is 148 Å². The van der Waals surface area contributed by atoms with Gasteiger partial charge in [0.05, 0.1) is 32.7 Å². The summed E-state index contributed by atoms with van der Waals surface area (Å²) >= 11 is 3.59. The molecule has 12 nitrogen and oxygen atoms in total. The van der Waals surface area contributed by atoms with Crippen molar-refractivity contribution in [3.8, 4) is 0 Å². The zero-order chi connectivity index (χ0) is 30.5. The molecular formula is C27H46N2O10S2. The maximum atomic E-state index is 12.2. The molecule has 4 atom stereocenters. The molecule has 0 aromatic heterocycles. The van der Waals surface area contributed by atoms with E-state index in [0.717, 1.165) is 6.42 Å². The van der Waals surface area contributed by atoms with Crippen LogP contribution in [0.4, 0.5) is 9.59 Å². The third kappa shape index (κ3) is 13.3. The summed E-state index contributed by atoms with van der Waals surface area (Å²) in [5.41, 5.74) is 0. The first-order valence-corrected chi connectivity index (χ1v) is 16.2. The molecule has 2 aliphatic rings. The number of hydrogen-bond donors (Lipinski definition) is 2. The van der Waals surface area contributed by atoms with E-state index in [1.165, 1.54) is 0 Å². The highest BCUT2D eigenvalue weighted by Crippen LogP contribution is 2.38. The molecule has 236 valence electrons. The summed E-state index contributed by atoms with van der Waals surface area (Å²) in [6.07, 6.45) is 0.585. The average molecular weight is 623 g/mol. The van der Waals surface area contributed by atoms with E-state index in [2.05, 4.69) is 44.6 Å². The van der Waals surface area contributed by atoms with Crippen LogP contribution in [-0.4, -0.2) is 110 Å². The Hall–Kier alpha value is -1.90. The van der Waals surface area contributed by atoms with E-state index in [0.29, 0.717) is 25.0 Å². The number of ether oxygens (including phenoxy) is 6. The van der Waals surface area contributed by atoms with E-state index in [4.69, 9.17) is 28.4 Å². The smallest absolute Gasteiger partial charge is 0.407 e. The van der Waals surface area contributed by atoms with Crippen molar-refractivity contribution in [2.24, 2.45) is 0 Å². The Kier molecular flexibility index (Phi) is 14.9. The average Bonchev–Trinajstić information content (AvgIpc) is 3.47. The molecule has 2 rings (SSSR count). The second-order valence-corrected chi connectivity index (χ2v) is 14.3. The molecule has 0 aromatic carbocycles. The maximum absolute atomic E-state index is 12.2. The van der Waals surface area contributed by atoms with Crippen LogP contribution in [0, 0.1) is 0 Å². The molecule has 2 saturated heterocycles. The van der Waals surface area contributed by atoms with Crippen molar-refractivity contribution >= 4 is 47.6 Å². The molecule has 0 spiro atoms. The Morgan fingerprint density at radius 1 is 0.805 bits per heavy atom. The minimum absolute atomic E-state index is 0.0358. The summed E-state index contributed by atoms with van der Waals surface area (Å²) in [6.45, 7) is 11.2. The summed E-state index contributed by atoms with van der Waals surface area (Å²) in [4.78, 5) is 47.7. The fourth-order valence-corrected chi connectivity index (χ4v) is 6.41. The third-order valence-electron chi connectivity index (χ3n) is 6.41. The van der Waals surface area contributed by atoms with Gasteiger partial charge in [0, 0.05) is 21.7 Å². The highest BCUT2D eigenvalue weighted by molar-refractivity contribution is 8.01. The number of esters is 2. The highest BCUT2D eigenvalue weighted by Gasteiger charge is 2.51. The maximum Gasteiger partial charge on any atom is 0.407 e. The van der Waals surface area contributed by atoms with Crippen molar-refractivity contribution < 1.29 is 47.6 Å². The van der Waals surface area contributed by atoms with Gasteiger partial charge in [-0.25, -0.2) is 9.59 Å². The lowest BCUT2D eigenvalue weighted by atomic mass is 9.99. The minimum atomic E-state index is -0.688. The lowest BCUT2D eigenvalue weighted by Gasteiger charge is -2.33. The molecule has 0 saturated carbocycles. The number of nitrogens with one attached hydrogen (secondary N) is 2. The Labute approximate surface area is 251 Å². The fraction of sp³-hybridized carbons (Fsp3) is 0.852. The largest absolute Gasteiger partial charge is 0.464 e. The van der Waals surface area contributed by atoms with E-state index < -0.39 is 36.6 Å². The predicted octanol–water partition coefficient (Wildman–Crippen LogP) is 3.29.